The Morgan fingerprint density at radius 1 is 0.926 bits per heavy atom. The minimum atomic E-state index is -0.390. The molecule has 2 aliphatic rings. The molecule has 0 atom stereocenters. The Morgan fingerprint density at radius 3 is 2.22 bits per heavy atom. The number of allylic oxidation sites excluding steroid dienone is 4. The zero-order chi connectivity index (χ0) is 18.6. The number of H-pyrrole nitrogens is 1. The highest BCUT2D eigenvalue weighted by atomic mass is 16.2. The summed E-state index contributed by atoms with van der Waals surface area (Å²) < 4.78 is 3.69. The lowest BCUT2D eigenvalue weighted by Crippen LogP contribution is -2.31. The van der Waals surface area contributed by atoms with Gasteiger partial charge < -0.3 is 4.57 Å². The predicted octanol–water partition coefficient (Wildman–Crippen LogP) is 3.67. The van der Waals surface area contributed by atoms with Crippen molar-refractivity contribution in [2.75, 3.05) is 0 Å². The van der Waals surface area contributed by atoms with Gasteiger partial charge in [-0.3, -0.25) is 14.3 Å². The third-order valence-corrected chi connectivity index (χ3v) is 5.85. The van der Waals surface area contributed by atoms with Gasteiger partial charge in [-0.2, -0.15) is 0 Å². The Bertz CT molecular complexity index is 990. The molecule has 0 amide bonds. The van der Waals surface area contributed by atoms with E-state index < -0.39 is 5.56 Å². The lowest BCUT2D eigenvalue weighted by Gasteiger charge is -2.16. The van der Waals surface area contributed by atoms with Crippen LogP contribution in [0.3, 0.4) is 0 Å². The molecule has 27 heavy (non-hydrogen) atoms. The molecule has 0 spiro atoms. The van der Waals surface area contributed by atoms with Gasteiger partial charge >= 0.3 is 5.69 Å². The standard InChI is InChI=1S/C21H28N4O2/c26-19-18-20(24(15-22-18)13-11-16-7-3-1-4-8-16)25(21(27)23-19)14-12-17-9-5-2-6-10-17/h7,9,15H,1-6,8,10-14H2,(H,23,26,27). The molecule has 4 rings (SSSR count). The fourth-order valence-corrected chi connectivity index (χ4v) is 4.29. The van der Waals surface area contributed by atoms with Gasteiger partial charge in [0.25, 0.3) is 5.56 Å². The first-order chi connectivity index (χ1) is 13.2. The molecule has 6 nitrogen and oxygen atoms in total. The number of rotatable bonds is 6. The van der Waals surface area contributed by atoms with Crippen molar-refractivity contribution in [3.8, 4) is 0 Å². The summed E-state index contributed by atoms with van der Waals surface area (Å²) in [6, 6.07) is 0. The van der Waals surface area contributed by atoms with Crippen LogP contribution in [0.2, 0.25) is 0 Å². The van der Waals surface area contributed by atoms with Crippen LogP contribution >= 0.6 is 0 Å². The average Bonchev–Trinajstić information content (AvgIpc) is 3.12. The third-order valence-electron chi connectivity index (χ3n) is 5.85. The number of hydrogen-bond acceptors (Lipinski definition) is 3. The van der Waals surface area contributed by atoms with E-state index in [-0.39, 0.29) is 5.69 Å². The van der Waals surface area contributed by atoms with Crippen LogP contribution in [0.4, 0.5) is 0 Å². The molecule has 2 aromatic rings. The summed E-state index contributed by atoms with van der Waals surface area (Å²) >= 11 is 0. The molecule has 0 aromatic carbocycles. The number of nitrogens with zero attached hydrogens (tertiary/aromatic N) is 3. The van der Waals surface area contributed by atoms with Gasteiger partial charge in [-0.05, 0) is 64.2 Å². The monoisotopic (exact) mass is 368 g/mol. The maximum absolute atomic E-state index is 12.5. The average molecular weight is 368 g/mol. The maximum Gasteiger partial charge on any atom is 0.330 e. The second kappa shape index (κ2) is 8.11. The van der Waals surface area contributed by atoms with Gasteiger partial charge in [-0.1, -0.05) is 23.3 Å². The topological polar surface area (TPSA) is 72.7 Å². The molecule has 0 unspecified atom stereocenters. The SMILES string of the molecule is O=c1[nH]c(=O)n(CCC2=CCCCC2)c2c1ncn2CCC1=CCCCC1. The van der Waals surface area contributed by atoms with Crippen LogP contribution in [0.15, 0.2) is 39.2 Å². The van der Waals surface area contributed by atoms with Gasteiger partial charge in [-0.25, -0.2) is 9.78 Å². The van der Waals surface area contributed by atoms with E-state index in [0.717, 1.165) is 38.6 Å². The normalized spacial score (nSPS) is 17.8. The number of aromatic amines is 1. The predicted molar refractivity (Wildman–Crippen MR) is 107 cm³/mol. The van der Waals surface area contributed by atoms with E-state index in [4.69, 9.17) is 0 Å². The van der Waals surface area contributed by atoms with E-state index in [2.05, 4.69) is 22.1 Å². The van der Waals surface area contributed by atoms with Gasteiger partial charge in [0.05, 0.1) is 6.33 Å². The van der Waals surface area contributed by atoms with Crippen LogP contribution in [0.25, 0.3) is 11.2 Å². The summed E-state index contributed by atoms with van der Waals surface area (Å²) in [7, 11) is 0. The quantitative estimate of drug-likeness (QED) is 0.791. The number of aromatic nitrogens is 4. The van der Waals surface area contributed by atoms with Crippen molar-refractivity contribution in [1.82, 2.24) is 19.1 Å². The van der Waals surface area contributed by atoms with E-state index in [1.165, 1.54) is 43.3 Å². The largest absolute Gasteiger partial charge is 0.330 e. The van der Waals surface area contributed by atoms with Gasteiger partial charge in [-0.15, -0.1) is 0 Å². The van der Waals surface area contributed by atoms with Crippen molar-refractivity contribution < 1.29 is 0 Å². The van der Waals surface area contributed by atoms with Crippen molar-refractivity contribution in [1.29, 1.82) is 0 Å². The molecule has 6 heteroatoms. The highest BCUT2D eigenvalue weighted by Crippen LogP contribution is 2.22. The minimum Gasteiger partial charge on any atom is -0.316 e. The first kappa shape index (κ1) is 18.0. The fourth-order valence-electron chi connectivity index (χ4n) is 4.29. The molecular weight excluding hydrogens is 340 g/mol. The smallest absolute Gasteiger partial charge is 0.316 e. The van der Waals surface area contributed by atoms with Crippen molar-refractivity contribution >= 4 is 11.2 Å². The van der Waals surface area contributed by atoms with Crippen LogP contribution in [-0.2, 0) is 13.1 Å². The molecule has 2 aliphatic carbocycles. The number of fused-ring (bicyclic) bond motifs is 1. The van der Waals surface area contributed by atoms with Crippen LogP contribution in [0.1, 0.15) is 64.2 Å². The lowest BCUT2D eigenvalue weighted by atomic mass is 9.97. The maximum atomic E-state index is 12.5. The van der Waals surface area contributed by atoms with E-state index in [9.17, 15) is 9.59 Å². The highest BCUT2D eigenvalue weighted by molar-refractivity contribution is 5.69. The second-order valence-electron chi connectivity index (χ2n) is 7.74. The van der Waals surface area contributed by atoms with Gasteiger partial charge in [0.15, 0.2) is 5.52 Å². The van der Waals surface area contributed by atoms with Crippen molar-refractivity contribution in [2.45, 2.75) is 77.3 Å². The van der Waals surface area contributed by atoms with E-state index >= 15 is 0 Å². The van der Waals surface area contributed by atoms with Crippen molar-refractivity contribution in [3.05, 3.63) is 50.5 Å². The Labute approximate surface area is 158 Å². The molecule has 0 saturated heterocycles. The third kappa shape index (κ3) is 3.99. The molecule has 0 radical (unpaired) electrons. The zero-order valence-corrected chi connectivity index (χ0v) is 15.9. The summed E-state index contributed by atoms with van der Waals surface area (Å²) in [5, 5.41) is 0. The molecule has 1 N–H and O–H groups in total. The van der Waals surface area contributed by atoms with Crippen LogP contribution < -0.4 is 11.2 Å². The molecule has 2 aromatic heterocycles. The van der Waals surface area contributed by atoms with Crippen LogP contribution in [0.5, 0.6) is 0 Å². The second-order valence-corrected chi connectivity index (χ2v) is 7.74. The molecule has 144 valence electrons. The van der Waals surface area contributed by atoms with E-state index in [1.807, 2.05) is 4.57 Å². The Hall–Kier alpha value is -2.37. The van der Waals surface area contributed by atoms with E-state index in [0.29, 0.717) is 17.7 Å². The summed E-state index contributed by atoms with van der Waals surface area (Å²) in [5.74, 6) is 0. The van der Waals surface area contributed by atoms with Gasteiger partial charge in [0.1, 0.15) is 5.65 Å². The van der Waals surface area contributed by atoms with Gasteiger partial charge in [0, 0.05) is 13.1 Å². The first-order valence-electron chi connectivity index (χ1n) is 10.3. The van der Waals surface area contributed by atoms with Crippen molar-refractivity contribution in [3.63, 3.8) is 0 Å². The Balaban J connectivity index is 1.62. The number of imidazole rings is 1. The number of aryl methyl sites for hydroxylation is 2. The van der Waals surface area contributed by atoms with E-state index in [1.54, 1.807) is 10.9 Å². The Kier molecular flexibility index (Phi) is 5.41. The summed E-state index contributed by atoms with van der Waals surface area (Å²) in [5.41, 5.74) is 3.21. The molecule has 0 bridgehead atoms. The molecule has 0 saturated carbocycles. The molecule has 2 heterocycles. The van der Waals surface area contributed by atoms with Crippen molar-refractivity contribution in [2.24, 2.45) is 0 Å². The van der Waals surface area contributed by atoms with Crippen LogP contribution in [0, 0.1) is 0 Å². The zero-order valence-electron chi connectivity index (χ0n) is 15.9. The number of hydrogen-bond donors (Lipinski definition) is 1. The Morgan fingerprint density at radius 2 is 1.59 bits per heavy atom. The lowest BCUT2D eigenvalue weighted by molar-refractivity contribution is 0.591. The first-order valence-corrected chi connectivity index (χ1v) is 10.3. The number of nitrogens with one attached hydrogen (secondary N) is 1. The summed E-state index contributed by atoms with van der Waals surface area (Å²) in [4.78, 5) is 31.5. The van der Waals surface area contributed by atoms with Gasteiger partial charge in [0.2, 0.25) is 0 Å². The fraction of sp³-hybridized carbons (Fsp3) is 0.571. The molecular formula is C21H28N4O2. The minimum absolute atomic E-state index is 0.331. The highest BCUT2D eigenvalue weighted by Gasteiger charge is 2.15. The van der Waals surface area contributed by atoms with Crippen LogP contribution in [-0.4, -0.2) is 19.1 Å². The summed E-state index contributed by atoms with van der Waals surface area (Å²) in [6.07, 6.45) is 17.8. The molecule has 0 fully saturated rings. The summed E-state index contributed by atoms with van der Waals surface area (Å²) in [6.45, 7) is 1.35. The molecule has 0 aliphatic heterocycles.